The average Bonchev–Trinajstić information content (AvgIpc) is 3.85. The summed E-state index contributed by atoms with van der Waals surface area (Å²) in [6, 6.07) is 60.6. The molecule has 56 heavy (non-hydrogen) atoms. The molecule has 0 aliphatic heterocycles. The number of benzene rings is 7. The van der Waals surface area contributed by atoms with Gasteiger partial charge in [-0.25, -0.2) is 9.97 Å². The molecule has 0 atom stereocenters. The maximum absolute atomic E-state index is 6.67. The van der Waals surface area contributed by atoms with Crippen molar-refractivity contribution in [2.75, 3.05) is 0 Å². The lowest BCUT2D eigenvalue weighted by Gasteiger charge is -2.11. The van der Waals surface area contributed by atoms with Crippen molar-refractivity contribution in [2.45, 2.75) is 0 Å². The molecule has 5 heteroatoms. The predicted octanol–water partition coefficient (Wildman–Crippen LogP) is 13.7. The standard InChI is InChI=1S/C51H31N3O2/c1-2-9-36(10-3-1)51-53-44(34-20-16-32(17-21-34)38-11-8-28-52-31-38)30-45(54-51)35-22-18-33(19-23-35)40-27-26-39(49-43-13-5-7-15-47(43)56-50(40)49)37-24-25-42-41-12-4-6-14-46(41)55-48(42)29-37/h1-31H. The first-order chi connectivity index (χ1) is 27.7. The van der Waals surface area contributed by atoms with Crippen molar-refractivity contribution in [1.29, 1.82) is 0 Å². The molecule has 0 spiro atoms. The molecule has 11 aromatic rings. The molecule has 0 bridgehead atoms. The Labute approximate surface area is 322 Å². The smallest absolute Gasteiger partial charge is 0.160 e. The maximum atomic E-state index is 6.67. The number of rotatable bonds is 6. The van der Waals surface area contributed by atoms with Crippen LogP contribution >= 0.6 is 0 Å². The molecule has 11 rings (SSSR count). The number of fused-ring (bicyclic) bond motifs is 6. The van der Waals surface area contributed by atoms with Crippen LogP contribution in [0.25, 0.3) is 111 Å². The van der Waals surface area contributed by atoms with E-state index in [1.165, 1.54) is 0 Å². The number of para-hydroxylation sites is 2. The van der Waals surface area contributed by atoms with E-state index in [4.69, 9.17) is 18.8 Å². The zero-order valence-electron chi connectivity index (χ0n) is 30.1. The summed E-state index contributed by atoms with van der Waals surface area (Å²) >= 11 is 0. The first kappa shape index (κ1) is 31.9. The van der Waals surface area contributed by atoms with Crippen LogP contribution in [0.4, 0.5) is 0 Å². The molecule has 0 saturated carbocycles. The Morgan fingerprint density at radius 3 is 1.68 bits per heavy atom. The number of hydrogen-bond donors (Lipinski definition) is 0. The molecule has 5 nitrogen and oxygen atoms in total. The van der Waals surface area contributed by atoms with E-state index < -0.39 is 0 Å². The largest absolute Gasteiger partial charge is 0.456 e. The fraction of sp³-hybridized carbons (Fsp3) is 0. The van der Waals surface area contributed by atoms with E-state index in [1.54, 1.807) is 6.20 Å². The fourth-order valence-electron chi connectivity index (χ4n) is 7.84. The van der Waals surface area contributed by atoms with Gasteiger partial charge in [0, 0.05) is 56.2 Å². The highest BCUT2D eigenvalue weighted by atomic mass is 16.3. The van der Waals surface area contributed by atoms with E-state index >= 15 is 0 Å². The SMILES string of the molecule is c1ccc(-c2nc(-c3ccc(-c4cccnc4)cc3)cc(-c3ccc(-c4ccc(-c5ccc6c(c5)oc5ccccc56)c5c4oc4ccccc45)cc3)n2)cc1. The minimum atomic E-state index is 0.680. The molecule has 0 fully saturated rings. The Morgan fingerprint density at radius 2 is 0.946 bits per heavy atom. The van der Waals surface area contributed by atoms with Crippen LogP contribution in [0.15, 0.2) is 197 Å². The molecular formula is C51H31N3O2. The Morgan fingerprint density at radius 1 is 0.357 bits per heavy atom. The molecule has 0 amide bonds. The summed E-state index contributed by atoms with van der Waals surface area (Å²) in [4.78, 5) is 14.4. The number of nitrogens with zero attached hydrogens (tertiary/aromatic N) is 3. The summed E-state index contributed by atoms with van der Waals surface area (Å²) < 4.78 is 13.0. The summed E-state index contributed by atoms with van der Waals surface area (Å²) in [6.07, 6.45) is 3.67. The van der Waals surface area contributed by atoms with Crippen molar-refractivity contribution in [3.05, 3.63) is 188 Å². The van der Waals surface area contributed by atoms with E-state index in [0.29, 0.717) is 5.82 Å². The third-order valence-electron chi connectivity index (χ3n) is 10.6. The molecular weight excluding hydrogens is 687 g/mol. The topological polar surface area (TPSA) is 65.0 Å². The molecule has 4 aromatic heterocycles. The lowest BCUT2D eigenvalue weighted by molar-refractivity contribution is 0.668. The van der Waals surface area contributed by atoms with Gasteiger partial charge in [-0.3, -0.25) is 4.98 Å². The quantitative estimate of drug-likeness (QED) is 0.171. The van der Waals surface area contributed by atoms with Crippen molar-refractivity contribution in [1.82, 2.24) is 15.0 Å². The third kappa shape index (κ3) is 5.45. The van der Waals surface area contributed by atoms with Crippen molar-refractivity contribution < 1.29 is 8.83 Å². The minimum absolute atomic E-state index is 0.680. The summed E-state index contributed by atoms with van der Waals surface area (Å²) in [6.45, 7) is 0. The van der Waals surface area contributed by atoms with Gasteiger partial charge in [0.2, 0.25) is 0 Å². The summed E-state index contributed by atoms with van der Waals surface area (Å²) in [5.74, 6) is 0.680. The van der Waals surface area contributed by atoms with Gasteiger partial charge in [-0.05, 0) is 70.3 Å². The van der Waals surface area contributed by atoms with Gasteiger partial charge in [0.25, 0.3) is 0 Å². The number of pyridine rings is 1. The van der Waals surface area contributed by atoms with Crippen molar-refractivity contribution in [3.8, 4) is 67.3 Å². The Kier molecular flexibility index (Phi) is 7.42. The van der Waals surface area contributed by atoms with Crippen LogP contribution in [0.2, 0.25) is 0 Å². The predicted molar refractivity (Wildman–Crippen MR) is 227 cm³/mol. The molecule has 0 radical (unpaired) electrons. The summed E-state index contributed by atoms with van der Waals surface area (Å²) in [5.41, 5.74) is 14.6. The second-order valence-electron chi connectivity index (χ2n) is 14.0. The number of furan rings is 2. The van der Waals surface area contributed by atoms with Crippen LogP contribution in [0.1, 0.15) is 0 Å². The first-order valence-electron chi connectivity index (χ1n) is 18.7. The van der Waals surface area contributed by atoms with Gasteiger partial charge in [0.1, 0.15) is 22.3 Å². The van der Waals surface area contributed by atoms with E-state index in [9.17, 15) is 0 Å². The minimum Gasteiger partial charge on any atom is -0.456 e. The lowest BCUT2D eigenvalue weighted by atomic mass is 9.93. The highest BCUT2D eigenvalue weighted by molar-refractivity contribution is 6.17. The maximum Gasteiger partial charge on any atom is 0.160 e. The lowest BCUT2D eigenvalue weighted by Crippen LogP contribution is -1.96. The van der Waals surface area contributed by atoms with Crippen LogP contribution < -0.4 is 0 Å². The van der Waals surface area contributed by atoms with Crippen molar-refractivity contribution in [2.24, 2.45) is 0 Å². The van der Waals surface area contributed by atoms with Gasteiger partial charge in [-0.15, -0.1) is 0 Å². The monoisotopic (exact) mass is 717 g/mol. The zero-order chi connectivity index (χ0) is 37.0. The van der Waals surface area contributed by atoms with Crippen LogP contribution in [-0.4, -0.2) is 15.0 Å². The van der Waals surface area contributed by atoms with Crippen LogP contribution in [-0.2, 0) is 0 Å². The number of hydrogen-bond acceptors (Lipinski definition) is 5. The molecule has 0 aliphatic carbocycles. The van der Waals surface area contributed by atoms with Gasteiger partial charge in [0.05, 0.1) is 11.4 Å². The normalized spacial score (nSPS) is 11.6. The van der Waals surface area contributed by atoms with Gasteiger partial charge < -0.3 is 8.83 Å². The average molecular weight is 718 g/mol. The molecule has 0 aliphatic rings. The summed E-state index contributed by atoms with van der Waals surface area (Å²) in [5, 5.41) is 4.40. The van der Waals surface area contributed by atoms with E-state index in [1.807, 2.05) is 54.7 Å². The number of aromatic nitrogens is 3. The van der Waals surface area contributed by atoms with E-state index in [-0.39, 0.29) is 0 Å². The van der Waals surface area contributed by atoms with Crippen molar-refractivity contribution >= 4 is 43.9 Å². The Bertz CT molecular complexity index is 3220. The highest BCUT2D eigenvalue weighted by Crippen LogP contribution is 2.43. The molecule has 4 heterocycles. The second-order valence-corrected chi connectivity index (χ2v) is 14.0. The van der Waals surface area contributed by atoms with Gasteiger partial charge in [0.15, 0.2) is 5.82 Å². The molecule has 0 unspecified atom stereocenters. The van der Waals surface area contributed by atoms with Crippen LogP contribution in [0.3, 0.4) is 0 Å². The first-order valence-corrected chi connectivity index (χ1v) is 18.7. The van der Waals surface area contributed by atoms with Crippen molar-refractivity contribution in [3.63, 3.8) is 0 Å². The van der Waals surface area contributed by atoms with E-state index in [2.05, 4.69) is 132 Å². The molecule has 262 valence electrons. The highest BCUT2D eigenvalue weighted by Gasteiger charge is 2.19. The second kappa shape index (κ2) is 13.0. The fourth-order valence-corrected chi connectivity index (χ4v) is 7.84. The van der Waals surface area contributed by atoms with Crippen LogP contribution in [0, 0.1) is 0 Å². The summed E-state index contributed by atoms with van der Waals surface area (Å²) in [7, 11) is 0. The molecule has 0 saturated heterocycles. The van der Waals surface area contributed by atoms with Gasteiger partial charge in [-0.1, -0.05) is 133 Å². The van der Waals surface area contributed by atoms with E-state index in [0.717, 1.165) is 105 Å². The molecule has 0 N–H and O–H groups in total. The van der Waals surface area contributed by atoms with Gasteiger partial charge in [-0.2, -0.15) is 0 Å². The Balaban J connectivity index is 0.998. The van der Waals surface area contributed by atoms with Crippen LogP contribution in [0.5, 0.6) is 0 Å². The molecule has 7 aromatic carbocycles. The Hall–Kier alpha value is -7.63. The van der Waals surface area contributed by atoms with Gasteiger partial charge >= 0.3 is 0 Å². The zero-order valence-corrected chi connectivity index (χ0v) is 30.1. The third-order valence-corrected chi connectivity index (χ3v) is 10.6.